The van der Waals surface area contributed by atoms with Crippen molar-refractivity contribution in [3.63, 3.8) is 0 Å². The number of nitrogens with two attached hydrogens (primary N) is 1. The van der Waals surface area contributed by atoms with E-state index < -0.39 is 5.82 Å². The monoisotopic (exact) mass is 291 g/mol. The highest BCUT2D eigenvalue weighted by molar-refractivity contribution is 5.59. The Morgan fingerprint density at radius 3 is 2.43 bits per heavy atom. The summed E-state index contributed by atoms with van der Waals surface area (Å²) in [5, 5.41) is 11.7. The highest BCUT2D eigenvalue weighted by Gasteiger charge is 2.22. The van der Waals surface area contributed by atoms with Crippen molar-refractivity contribution in [1.82, 2.24) is 20.2 Å². The van der Waals surface area contributed by atoms with Crippen LogP contribution >= 0.6 is 0 Å². The van der Waals surface area contributed by atoms with Crippen LogP contribution in [0.3, 0.4) is 0 Å². The molecule has 0 aliphatic rings. The van der Waals surface area contributed by atoms with Crippen molar-refractivity contribution in [3.8, 4) is 11.4 Å². The van der Waals surface area contributed by atoms with Gasteiger partial charge in [0.2, 0.25) is 0 Å². The second-order valence-corrected chi connectivity index (χ2v) is 6.08. The summed E-state index contributed by atoms with van der Waals surface area (Å²) in [4.78, 5) is 0. The van der Waals surface area contributed by atoms with Gasteiger partial charge >= 0.3 is 0 Å². The van der Waals surface area contributed by atoms with Crippen LogP contribution in [0.4, 0.5) is 10.1 Å². The first-order chi connectivity index (χ1) is 9.90. The lowest BCUT2D eigenvalue weighted by molar-refractivity contribution is 0.242. The fourth-order valence-corrected chi connectivity index (χ4v) is 2.62. The lowest BCUT2D eigenvalue weighted by atomic mass is 9.85. The van der Waals surface area contributed by atoms with E-state index >= 15 is 0 Å². The van der Waals surface area contributed by atoms with Gasteiger partial charge in [0.1, 0.15) is 5.82 Å². The van der Waals surface area contributed by atoms with Crippen molar-refractivity contribution in [1.29, 1.82) is 0 Å². The van der Waals surface area contributed by atoms with Crippen LogP contribution in [0, 0.1) is 23.6 Å². The van der Waals surface area contributed by atoms with Crippen LogP contribution in [0.5, 0.6) is 0 Å². The van der Waals surface area contributed by atoms with Gasteiger partial charge in [0, 0.05) is 12.2 Å². The Hall–Kier alpha value is -1.98. The Kier molecular flexibility index (Phi) is 4.55. The predicted octanol–water partition coefficient (Wildman–Crippen LogP) is 2.99. The zero-order valence-corrected chi connectivity index (χ0v) is 12.9. The van der Waals surface area contributed by atoms with Gasteiger partial charge in [-0.2, -0.15) is 0 Å². The number of rotatable bonds is 5. The van der Waals surface area contributed by atoms with Crippen LogP contribution in [0.15, 0.2) is 18.2 Å². The third-order valence-corrected chi connectivity index (χ3v) is 3.86. The molecular weight excluding hydrogens is 269 g/mol. The van der Waals surface area contributed by atoms with Crippen LogP contribution in [-0.2, 0) is 6.54 Å². The summed E-state index contributed by atoms with van der Waals surface area (Å²) in [5.74, 6) is 1.45. The molecule has 2 rings (SSSR count). The second-order valence-electron chi connectivity index (χ2n) is 6.08. The molecule has 0 saturated carbocycles. The molecule has 0 unspecified atom stereocenters. The summed E-state index contributed by atoms with van der Waals surface area (Å²) in [7, 11) is 0. The molecule has 2 aromatic rings. The lowest BCUT2D eigenvalue weighted by Crippen LogP contribution is -2.23. The molecular formula is C15H22FN5. The number of nitrogen functional groups attached to an aromatic ring is 1. The van der Waals surface area contributed by atoms with Crippen molar-refractivity contribution in [2.75, 3.05) is 5.73 Å². The van der Waals surface area contributed by atoms with Crippen molar-refractivity contribution >= 4 is 5.69 Å². The van der Waals surface area contributed by atoms with Crippen LogP contribution in [0.25, 0.3) is 11.4 Å². The number of benzene rings is 1. The molecule has 0 aliphatic carbocycles. The predicted molar refractivity (Wildman–Crippen MR) is 80.8 cm³/mol. The fourth-order valence-electron chi connectivity index (χ4n) is 2.62. The van der Waals surface area contributed by atoms with Gasteiger partial charge in [-0.1, -0.05) is 27.7 Å². The number of halogens is 1. The van der Waals surface area contributed by atoms with Crippen molar-refractivity contribution in [2.24, 2.45) is 17.8 Å². The number of tetrazole rings is 1. The van der Waals surface area contributed by atoms with Crippen LogP contribution in [0.2, 0.25) is 0 Å². The van der Waals surface area contributed by atoms with Crippen molar-refractivity contribution in [2.45, 2.75) is 34.2 Å². The van der Waals surface area contributed by atoms with Gasteiger partial charge in [0.25, 0.3) is 0 Å². The Morgan fingerprint density at radius 2 is 1.86 bits per heavy atom. The van der Waals surface area contributed by atoms with E-state index in [-0.39, 0.29) is 0 Å². The maximum absolute atomic E-state index is 14.1. The van der Waals surface area contributed by atoms with E-state index in [9.17, 15) is 4.39 Å². The van der Waals surface area contributed by atoms with E-state index in [1.165, 1.54) is 6.07 Å². The first-order valence-electron chi connectivity index (χ1n) is 7.21. The summed E-state index contributed by atoms with van der Waals surface area (Å²) in [5.41, 5.74) is 6.34. The average molecular weight is 291 g/mol. The Balaban J connectivity index is 2.34. The van der Waals surface area contributed by atoms with Gasteiger partial charge in [-0.3, -0.25) is 0 Å². The maximum Gasteiger partial charge on any atom is 0.184 e. The summed E-state index contributed by atoms with van der Waals surface area (Å²) in [6.45, 7) is 9.38. The van der Waals surface area contributed by atoms with Gasteiger partial charge in [-0.25, -0.2) is 9.07 Å². The number of nitrogens with zero attached hydrogens (tertiary/aromatic N) is 4. The molecule has 2 N–H and O–H groups in total. The number of hydrogen-bond acceptors (Lipinski definition) is 4. The molecule has 21 heavy (non-hydrogen) atoms. The highest BCUT2D eigenvalue weighted by Crippen LogP contribution is 2.26. The number of anilines is 1. The minimum Gasteiger partial charge on any atom is -0.399 e. The first kappa shape index (κ1) is 15.4. The van der Waals surface area contributed by atoms with Gasteiger partial charge in [0.15, 0.2) is 5.82 Å². The number of hydrogen-bond donors (Lipinski definition) is 1. The first-order valence-corrected chi connectivity index (χ1v) is 7.21. The molecule has 0 radical (unpaired) electrons. The molecule has 0 spiro atoms. The Labute approximate surface area is 124 Å². The minimum absolute atomic E-state index is 0.375. The quantitative estimate of drug-likeness (QED) is 0.860. The zero-order valence-electron chi connectivity index (χ0n) is 12.9. The molecule has 0 fully saturated rings. The molecule has 0 saturated heterocycles. The van der Waals surface area contributed by atoms with Crippen LogP contribution in [-0.4, -0.2) is 20.2 Å². The molecule has 1 heterocycles. The molecule has 6 heteroatoms. The van der Waals surface area contributed by atoms with E-state index in [0.717, 1.165) is 0 Å². The normalized spacial score (nSPS) is 11.8. The Morgan fingerprint density at radius 1 is 1.19 bits per heavy atom. The van der Waals surface area contributed by atoms with E-state index in [2.05, 4.69) is 43.2 Å². The van der Waals surface area contributed by atoms with E-state index in [4.69, 9.17) is 5.73 Å². The SMILES string of the molecule is CC(C)C(Cn1nnnc1-c1ccc(N)cc1F)C(C)C. The van der Waals surface area contributed by atoms with E-state index in [0.29, 0.717) is 41.4 Å². The Bertz CT molecular complexity index is 598. The largest absolute Gasteiger partial charge is 0.399 e. The molecule has 0 aliphatic heterocycles. The summed E-state index contributed by atoms with van der Waals surface area (Å²) in [6, 6.07) is 4.56. The van der Waals surface area contributed by atoms with E-state index in [1.54, 1.807) is 16.8 Å². The lowest BCUT2D eigenvalue weighted by Gasteiger charge is -2.24. The van der Waals surface area contributed by atoms with Gasteiger partial charge in [-0.05, 0) is 46.4 Å². The molecule has 0 amide bonds. The summed E-state index contributed by atoms with van der Waals surface area (Å²) >= 11 is 0. The standard InChI is InChI=1S/C15H22FN5/c1-9(2)13(10(3)4)8-21-15(18-19-20-21)12-6-5-11(17)7-14(12)16/h5-7,9-10,13H,8,17H2,1-4H3. The molecule has 0 bridgehead atoms. The average Bonchev–Trinajstić information content (AvgIpc) is 2.83. The maximum atomic E-state index is 14.1. The van der Waals surface area contributed by atoms with Gasteiger partial charge in [-0.15, -0.1) is 5.10 Å². The van der Waals surface area contributed by atoms with E-state index in [1.807, 2.05) is 0 Å². The fraction of sp³-hybridized carbons (Fsp3) is 0.533. The third-order valence-electron chi connectivity index (χ3n) is 3.86. The molecule has 1 aromatic carbocycles. The minimum atomic E-state index is -0.406. The molecule has 114 valence electrons. The number of aromatic nitrogens is 4. The van der Waals surface area contributed by atoms with Crippen LogP contribution < -0.4 is 5.73 Å². The van der Waals surface area contributed by atoms with Crippen LogP contribution in [0.1, 0.15) is 27.7 Å². The highest BCUT2D eigenvalue weighted by atomic mass is 19.1. The second kappa shape index (κ2) is 6.20. The molecule has 1 aromatic heterocycles. The van der Waals surface area contributed by atoms with Crippen molar-refractivity contribution < 1.29 is 4.39 Å². The molecule has 0 atom stereocenters. The summed E-state index contributed by atoms with van der Waals surface area (Å²) in [6.07, 6.45) is 0. The van der Waals surface area contributed by atoms with Crippen molar-refractivity contribution in [3.05, 3.63) is 24.0 Å². The summed E-state index contributed by atoms with van der Waals surface area (Å²) < 4.78 is 15.7. The third kappa shape index (κ3) is 3.37. The topological polar surface area (TPSA) is 69.6 Å². The van der Waals surface area contributed by atoms with Gasteiger partial charge in [0.05, 0.1) is 5.56 Å². The molecule has 5 nitrogen and oxygen atoms in total. The van der Waals surface area contributed by atoms with Gasteiger partial charge < -0.3 is 5.73 Å². The zero-order chi connectivity index (χ0) is 15.6. The smallest absolute Gasteiger partial charge is 0.184 e.